The van der Waals surface area contributed by atoms with Crippen molar-refractivity contribution in [1.82, 2.24) is 50.6 Å². The van der Waals surface area contributed by atoms with Crippen LogP contribution in [0.5, 0.6) is 0 Å². The van der Waals surface area contributed by atoms with Crippen molar-refractivity contribution >= 4 is 11.7 Å². The van der Waals surface area contributed by atoms with Crippen LogP contribution in [-0.4, -0.2) is 71.5 Å². The van der Waals surface area contributed by atoms with E-state index in [1.165, 1.54) is 16.7 Å². The van der Waals surface area contributed by atoms with Crippen LogP contribution in [0, 0.1) is 13.8 Å². The summed E-state index contributed by atoms with van der Waals surface area (Å²) in [6.45, 7) is 6.29. The van der Waals surface area contributed by atoms with E-state index in [9.17, 15) is 4.79 Å². The number of tetrazole rings is 2. The van der Waals surface area contributed by atoms with Crippen LogP contribution < -0.4 is 10.6 Å². The van der Waals surface area contributed by atoms with Gasteiger partial charge in [-0.3, -0.25) is 4.90 Å². The zero-order chi connectivity index (χ0) is 26.4. The van der Waals surface area contributed by atoms with Gasteiger partial charge in [0.15, 0.2) is 11.6 Å². The van der Waals surface area contributed by atoms with Crippen LogP contribution in [0.15, 0.2) is 48.6 Å². The number of hydrogen-bond acceptors (Lipinski definition) is 8. The summed E-state index contributed by atoms with van der Waals surface area (Å²) in [6, 6.07) is 11.7. The first kappa shape index (κ1) is 25.6. The Balaban J connectivity index is 1.34. The maximum atomic E-state index is 12.6. The minimum Gasteiger partial charge on any atom is -0.334 e. The molecule has 4 aromatic rings. The molecule has 0 aliphatic carbocycles. The van der Waals surface area contributed by atoms with Crippen LogP contribution in [0.2, 0.25) is 0 Å². The molecule has 0 saturated heterocycles. The lowest BCUT2D eigenvalue weighted by Gasteiger charge is -2.15. The minimum absolute atomic E-state index is 0.330. The molecule has 2 heterocycles. The molecule has 0 aliphatic rings. The third-order valence-electron chi connectivity index (χ3n) is 5.94. The number of aromatic nitrogens is 8. The molecule has 0 fully saturated rings. The first-order valence-electron chi connectivity index (χ1n) is 11.8. The van der Waals surface area contributed by atoms with E-state index in [4.69, 9.17) is 0 Å². The lowest BCUT2D eigenvalue weighted by molar-refractivity contribution is 0.253. The van der Waals surface area contributed by atoms with Crippen molar-refractivity contribution in [3.63, 3.8) is 0 Å². The number of carbonyl (C=O) groups is 1. The fourth-order valence-corrected chi connectivity index (χ4v) is 3.85. The minimum atomic E-state index is -0.330. The summed E-state index contributed by atoms with van der Waals surface area (Å²) in [7, 11) is 5.57. The van der Waals surface area contributed by atoms with Crippen LogP contribution in [0.4, 0.5) is 10.5 Å². The van der Waals surface area contributed by atoms with Gasteiger partial charge in [0.05, 0.1) is 0 Å². The van der Waals surface area contributed by atoms with E-state index < -0.39 is 0 Å². The van der Waals surface area contributed by atoms with Gasteiger partial charge in [-0.05, 0) is 76.6 Å². The van der Waals surface area contributed by atoms with Crippen molar-refractivity contribution in [3.8, 4) is 22.8 Å². The van der Waals surface area contributed by atoms with Crippen molar-refractivity contribution < 1.29 is 4.79 Å². The molecule has 12 heteroatoms. The SMILES string of the molecule is Cc1ccc(CN(C)CC=CCNC(=O)Nc2cc(-c3nnnn3C)cc(-c3nnnn3C)c2)cc1C. The molecule has 0 spiro atoms. The van der Waals surface area contributed by atoms with Crippen LogP contribution >= 0.6 is 0 Å². The molecular weight excluding hydrogens is 470 g/mol. The summed E-state index contributed by atoms with van der Waals surface area (Å²) in [6.07, 6.45) is 3.98. The van der Waals surface area contributed by atoms with Crippen molar-refractivity contribution in [2.24, 2.45) is 14.1 Å². The number of rotatable bonds is 9. The molecule has 37 heavy (non-hydrogen) atoms. The fourth-order valence-electron chi connectivity index (χ4n) is 3.85. The van der Waals surface area contributed by atoms with Gasteiger partial charge in [-0.1, -0.05) is 30.4 Å². The number of nitrogens with zero attached hydrogens (tertiary/aromatic N) is 9. The Morgan fingerprint density at radius 3 is 2.14 bits per heavy atom. The number of anilines is 1. The molecule has 0 atom stereocenters. The lowest BCUT2D eigenvalue weighted by Crippen LogP contribution is -2.29. The smallest absolute Gasteiger partial charge is 0.319 e. The fraction of sp³-hybridized carbons (Fsp3) is 0.320. The van der Waals surface area contributed by atoms with Gasteiger partial charge in [-0.25, -0.2) is 14.2 Å². The molecule has 0 bridgehead atoms. The predicted octanol–water partition coefficient (Wildman–Crippen LogP) is 2.49. The zero-order valence-corrected chi connectivity index (χ0v) is 21.7. The third kappa shape index (κ3) is 6.61. The van der Waals surface area contributed by atoms with E-state index in [-0.39, 0.29) is 6.03 Å². The normalized spacial score (nSPS) is 11.4. The molecule has 192 valence electrons. The number of carbonyl (C=O) groups excluding carboxylic acids is 1. The molecule has 0 unspecified atom stereocenters. The predicted molar refractivity (Wildman–Crippen MR) is 140 cm³/mol. The Kier molecular flexibility index (Phi) is 7.98. The summed E-state index contributed by atoms with van der Waals surface area (Å²) in [4.78, 5) is 14.8. The van der Waals surface area contributed by atoms with Crippen molar-refractivity contribution in [1.29, 1.82) is 0 Å². The zero-order valence-electron chi connectivity index (χ0n) is 21.7. The van der Waals surface area contributed by atoms with Crippen LogP contribution in [0.1, 0.15) is 16.7 Å². The number of hydrogen-bond donors (Lipinski definition) is 2. The molecular formula is C25H31N11O. The summed E-state index contributed by atoms with van der Waals surface area (Å²) in [5.74, 6) is 1.10. The largest absolute Gasteiger partial charge is 0.334 e. The summed E-state index contributed by atoms with van der Waals surface area (Å²) in [5, 5.41) is 29.1. The maximum absolute atomic E-state index is 12.6. The van der Waals surface area contributed by atoms with Crippen molar-refractivity contribution in [3.05, 3.63) is 65.2 Å². The van der Waals surface area contributed by atoms with Gasteiger partial charge in [-0.15, -0.1) is 10.2 Å². The Hall–Kier alpha value is -4.45. The van der Waals surface area contributed by atoms with Gasteiger partial charge in [0.25, 0.3) is 0 Å². The maximum Gasteiger partial charge on any atom is 0.319 e. The van der Waals surface area contributed by atoms with Gasteiger partial charge in [0.2, 0.25) is 0 Å². The highest BCUT2D eigenvalue weighted by Gasteiger charge is 2.14. The molecule has 12 nitrogen and oxygen atoms in total. The Morgan fingerprint density at radius 1 is 0.919 bits per heavy atom. The van der Waals surface area contributed by atoms with Gasteiger partial charge in [0.1, 0.15) is 0 Å². The number of amides is 2. The number of urea groups is 1. The topological polar surface area (TPSA) is 132 Å². The van der Waals surface area contributed by atoms with E-state index >= 15 is 0 Å². The average Bonchev–Trinajstić information content (AvgIpc) is 3.49. The molecule has 0 aliphatic heterocycles. The Labute approximate surface area is 215 Å². The van der Waals surface area contributed by atoms with E-state index in [0.29, 0.717) is 23.9 Å². The monoisotopic (exact) mass is 501 g/mol. The highest BCUT2D eigenvalue weighted by atomic mass is 16.2. The molecule has 2 aromatic carbocycles. The Bertz CT molecular complexity index is 1350. The number of likely N-dealkylation sites (N-methyl/N-ethyl adjacent to an activating group) is 1. The van der Waals surface area contributed by atoms with Gasteiger partial charge < -0.3 is 10.6 Å². The second-order valence-corrected chi connectivity index (χ2v) is 8.97. The second kappa shape index (κ2) is 11.5. The first-order valence-corrected chi connectivity index (χ1v) is 11.8. The molecule has 2 N–H and O–H groups in total. The number of nitrogens with one attached hydrogen (secondary N) is 2. The third-order valence-corrected chi connectivity index (χ3v) is 5.94. The van der Waals surface area contributed by atoms with Crippen molar-refractivity contribution in [2.75, 3.05) is 25.5 Å². The highest BCUT2D eigenvalue weighted by molar-refractivity contribution is 5.91. The Morgan fingerprint density at radius 2 is 1.57 bits per heavy atom. The first-order chi connectivity index (χ1) is 17.8. The summed E-state index contributed by atoms with van der Waals surface area (Å²) >= 11 is 0. The van der Waals surface area contributed by atoms with Gasteiger partial charge in [-0.2, -0.15) is 0 Å². The molecule has 0 radical (unpaired) electrons. The quantitative estimate of drug-likeness (QED) is 0.335. The second-order valence-electron chi connectivity index (χ2n) is 8.97. The summed E-state index contributed by atoms with van der Waals surface area (Å²) < 4.78 is 3.11. The highest BCUT2D eigenvalue weighted by Crippen LogP contribution is 2.27. The lowest BCUT2D eigenvalue weighted by atomic mass is 10.1. The van der Waals surface area contributed by atoms with E-state index in [1.807, 2.05) is 18.2 Å². The molecule has 4 rings (SSSR count). The molecule has 2 amide bonds. The van der Waals surface area contributed by atoms with Crippen LogP contribution in [0.25, 0.3) is 22.8 Å². The molecule has 2 aromatic heterocycles. The van der Waals surface area contributed by atoms with Gasteiger partial charge in [0, 0.05) is 50.5 Å². The van der Waals surface area contributed by atoms with E-state index in [0.717, 1.165) is 24.2 Å². The molecule has 0 saturated carbocycles. The number of benzene rings is 2. The number of aryl methyl sites for hydroxylation is 4. The average molecular weight is 502 g/mol. The van der Waals surface area contributed by atoms with E-state index in [1.54, 1.807) is 35.6 Å². The summed E-state index contributed by atoms with van der Waals surface area (Å²) in [5.41, 5.74) is 5.89. The van der Waals surface area contributed by atoms with E-state index in [2.05, 4.69) is 85.7 Å². The van der Waals surface area contributed by atoms with Crippen molar-refractivity contribution in [2.45, 2.75) is 20.4 Å². The van der Waals surface area contributed by atoms with Gasteiger partial charge >= 0.3 is 6.03 Å². The van der Waals surface area contributed by atoms with Crippen LogP contribution in [-0.2, 0) is 20.6 Å². The standard InChI is InChI=1S/C25H31N11O/c1-17-8-9-19(12-18(17)2)16-34(3)11-7-6-10-26-25(37)27-22-14-20(23-28-30-32-35(23)4)13-21(15-22)24-29-31-33-36(24)5/h6-9,12-15H,10-11,16H2,1-5H3,(H2,26,27,37). The van der Waals surface area contributed by atoms with Crippen LogP contribution in [0.3, 0.4) is 0 Å².